The molecule has 2 saturated heterocycles. The number of likely N-dealkylation sites (tertiary alicyclic amines) is 2. The first-order valence-electron chi connectivity index (χ1n) is 19.7. The molecular weight excluding hydrogens is 792 g/mol. The van der Waals surface area contributed by atoms with Crippen molar-refractivity contribution in [1.82, 2.24) is 40.4 Å². The number of ether oxygens (including phenoxy) is 2. The van der Waals surface area contributed by atoms with E-state index < -0.39 is 24.3 Å². The van der Waals surface area contributed by atoms with Gasteiger partial charge in [-0.15, -0.1) is 0 Å². The van der Waals surface area contributed by atoms with Gasteiger partial charge in [0.05, 0.1) is 32.0 Å². The number of benzene rings is 2. The summed E-state index contributed by atoms with van der Waals surface area (Å²) >= 11 is 3.69. The molecular formula is C42H49BrN8O6. The average Bonchev–Trinajstić information content (AvgIpc) is 3.85. The van der Waals surface area contributed by atoms with Gasteiger partial charge < -0.3 is 39.9 Å². The van der Waals surface area contributed by atoms with E-state index in [0.717, 1.165) is 75.6 Å². The molecule has 0 unspecified atom stereocenters. The number of hydrogen-bond acceptors (Lipinski definition) is 8. The van der Waals surface area contributed by atoms with Gasteiger partial charge >= 0.3 is 12.2 Å². The van der Waals surface area contributed by atoms with Crippen LogP contribution >= 0.6 is 15.9 Å². The number of carbonyl (C=O) groups is 4. The van der Waals surface area contributed by atoms with E-state index in [4.69, 9.17) is 19.4 Å². The van der Waals surface area contributed by atoms with Crippen molar-refractivity contribution in [2.24, 2.45) is 23.7 Å². The Bertz CT molecular complexity index is 2170. The Morgan fingerprint density at radius 3 is 1.61 bits per heavy atom. The van der Waals surface area contributed by atoms with E-state index in [0.29, 0.717) is 11.8 Å². The van der Waals surface area contributed by atoms with Crippen LogP contribution in [-0.4, -0.2) is 92.1 Å². The summed E-state index contributed by atoms with van der Waals surface area (Å²) in [5, 5.41) is 5.47. The van der Waals surface area contributed by atoms with Gasteiger partial charge in [-0.2, -0.15) is 0 Å². The van der Waals surface area contributed by atoms with Crippen molar-refractivity contribution in [3.8, 4) is 33.6 Å². The quantitative estimate of drug-likeness (QED) is 0.125. The number of hydrogen-bond donors (Lipinski definition) is 4. The largest absolute Gasteiger partial charge is 0.453 e. The van der Waals surface area contributed by atoms with Crippen LogP contribution < -0.4 is 10.6 Å². The zero-order valence-electron chi connectivity index (χ0n) is 32.9. The Labute approximate surface area is 340 Å². The molecule has 2 saturated carbocycles. The van der Waals surface area contributed by atoms with Crippen LogP contribution in [0.15, 0.2) is 59.3 Å². The fourth-order valence-corrected chi connectivity index (χ4v) is 9.30. The Kier molecular flexibility index (Phi) is 10.4. The minimum absolute atomic E-state index is 0.100. The monoisotopic (exact) mass is 840 g/mol. The molecule has 4 aliphatic rings. The molecule has 2 aromatic carbocycles. The fraction of sp³-hybridized carbons (Fsp3) is 0.476. The van der Waals surface area contributed by atoms with E-state index in [1.54, 1.807) is 0 Å². The number of H-pyrrole nitrogens is 2. The molecule has 0 radical (unpaired) electrons. The number of imidazole rings is 2. The molecule has 8 rings (SSSR count). The van der Waals surface area contributed by atoms with Crippen LogP contribution in [0.3, 0.4) is 0 Å². The molecule has 0 bridgehead atoms. The second-order valence-corrected chi connectivity index (χ2v) is 17.2. The molecule has 15 heteroatoms. The summed E-state index contributed by atoms with van der Waals surface area (Å²) < 4.78 is 10.3. The molecule has 4 aromatic rings. The third-order valence-electron chi connectivity index (χ3n) is 12.1. The zero-order valence-corrected chi connectivity index (χ0v) is 34.5. The molecule has 57 heavy (non-hydrogen) atoms. The second kappa shape index (κ2) is 15.3. The summed E-state index contributed by atoms with van der Waals surface area (Å²) in [6.07, 6.45) is 4.25. The van der Waals surface area contributed by atoms with Crippen molar-refractivity contribution in [3.05, 3.63) is 71.0 Å². The lowest BCUT2D eigenvalue weighted by atomic mass is 10.0. The summed E-state index contributed by atoms with van der Waals surface area (Å²) in [5.41, 5.74) is 5.54. The van der Waals surface area contributed by atoms with E-state index in [9.17, 15) is 19.2 Å². The summed E-state index contributed by atoms with van der Waals surface area (Å²) in [7, 11) is 2.60. The van der Waals surface area contributed by atoms with Crippen molar-refractivity contribution in [2.45, 2.75) is 89.6 Å². The molecule has 14 nitrogen and oxygen atoms in total. The van der Waals surface area contributed by atoms with E-state index in [2.05, 4.69) is 60.8 Å². The maximum atomic E-state index is 13.8. The molecule has 4 amide bonds. The van der Waals surface area contributed by atoms with Crippen LogP contribution in [0.25, 0.3) is 33.6 Å². The number of fused-ring (bicyclic) bond motifs is 2. The summed E-state index contributed by atoms with van der Waals surface area (Å²) in [4.78, 5) is 72.3. The predicted octanol–water partition coefficient (Wildman–Crippen LogP) is 6.98. The van der Waals surface area contributed by atoms with Crippen molar-refractivity contribution in [3.63, 3.8) is 0 Å². The number of aromatic amines is 2. The smallest absolute Gasteiger partial charge is 0.407 e. The average molecular weight is 842 g/mol. The lowest BCUT2D eigenvalue weighted by Gasteiger charge is -2.31. The third-order valence-corrected chi connectivity index (χ3v) is 12.7. The highest BCUT2D eigenvalue weighted by Crippen LogP contribution is 2.55. The number of aromatic nitrogens is 4. The molecule has 4 fully saturated rings. The number of amides is 4. The summed E-state index contributed by atoms with van der Waals surface area (Å²) in [6.45, 7) is 7.67. The lowest BCUT2D eigenvalue weighted by Crippen LogP contribution is -2.52. The van der Waals surface area contributed by atoms with Gasteiger partial charge in [0.2, 0.25) is 11.8 Å². The Hall–Kier alpha value is -5.18. The molecule has 2 aliphatic heterocycles. The van der Waals surface area contributed by atoms with Crippen LogP contribution in [0.4, 0.5) is 9.59 Å². The summed E-state index contributed by atoms with van der Waals surface area (Å²) in [5.74, 6) is 1.92. The normalized spacial score (nSPS) is 24.2. The standard InChI is InChI=1S/C42H49BrN8O6/c1-20(2)33(47-41(54)56-5)39(52)50-29-15-26(29)17-31(50)37-44-19-28(45-37)24-11-7-22(8-12-24)23-9-13-25(14-10-23)35-36(43)49-38(46-35)32-18-27-16-30(27)51(32)40(53)34(21(3)4)48-42(55)57-6/h7-14,19-21,26-27,29-34H,15-18H2,1-6H3,(H,44,45)(H,46,49)(H,47,54)(H,48,55)/t26-,27-,29-,30-,31+,32+,33+,34+/m1/s1. The highest BCUT2D eigenvalue weighted by atomic mass is 79.9. The van der Waals surface area contributed by atoms with Gasteiger partial charge in [0.15, 0.2) is 0 Å². The number of halogens is 1. The van der Waals surface area contributed by atoms with Crippen LogP contribution in [0.5, 0.6) is 0 Å². The van der Waals surface area contributed by atoms with Crippen LogP contribution in [0.1, 0.15) is 77.1 Å². The van der Waals surface area contributed by atoms with E-state index in [1.807, 2.05) is 68.0 Å². The molecule has 4 N–H and O–H groups in total. The highest BCUT2D eigenvalue weighted by Gasteiger charge is 2.57. The SMILES string of the molecule is COC(=O)N[C@H](C(=O)N1[C@@H]2C[C@@H]2C[C@H]1c1nc(-c2ccc(-c3ccc(-c4nc([C@@H]5C[C@H]6C[C@H]6N5C(=O)[C@@H](NC(=O)OC)C(C)C)[nH]c4Br)cc3)cc2)c[nH]1)C(C)C. The maximum Gasteiger partial charge on any atom is 0.407 e. The van der Waals surface area contributed by atoms with Crippen LogP contribution in [0.2, 0.25) is 0 Å². The number of nitrogens with zero attached hydrogens (tertiary/aromatic N) is 4. The predicted molar refractivity (Wildman–Crippen MR) is 215 cm³/mol. The van der Waals surface area contributed by atoms with Gasteiger partial charge in [0, 0.05) is 29.4 Å². The Morgan fingerprint density at radius 2 is 1.14 bits per heavy atom. The number of nitrogens with one attached hydrogen (secondary N) is 4. The van der Waals surface area contributed by atoms with Crippen molar-refractivity contribution >= 4 is 39.9 Å². The fourth-order valence-electron chi connectivity index (χ4n) is 8.78. The first-order valence-corrected chi connectivity index (χ1v) is 20.5. The zero-order chi connectivity index (χ0) is 40.3. The lowest BCUT2D eigenvalue weighted by molar-refractivity contribution is -0.137. The number of piperidine rings is 2. The van der Waals surface area contributed by atoms with Gasteiger partial charge in [-0.1, -0.05) is 76.2 Å². The molecule has 2 aliphatic carbocycles. The van der Waals surface area contributed by atoms with Crippen molar-refractivity contribution in [2.75, 3.05) is 14.2 Å². The van der Waals surface area contributed by atoms with Crippen LogP contribution in [-0.2, 0) is 19.1 Å². The minimum Gasteiger partial charge on any atom is -0.453 e. The maximum absolute atomic E-state index is 13.8. The van der Waals surface area contributed by atoms with Gasteiger partial charge in [-0.05, 0) is 76.4 Å². The number of rotatable bonds is 11. The number of methoxy groups -OCH3 is 2. The van der Waals surface area contributed by atoms with Crippen molar-refractivity contribution < 1.29 is 28.7 Å². The molecule has 2 aromatic heterocycles. The number of carbonyl (C=O) groups excluding carboxylic acids is 4. The highest BCUT2D eigenvalue weighted by molar-refractivity contribution is 9.10. The van der Waals surface area contributed by atoms with Crippen LogP contribution in [0, 0.1) is 23.7 Å². The van der Waals surface area contributed by atoms with E-state index in [1.165, 1.54) is 14.2 Å². The van der Waals surface area contributed by atoms with Gasteiger partial charge in [0.1, 0.15) is 34.0 Å². The molecule has 4 heterocycles. The van der Waals surface area contributed by atoms with Gasteiger partial charge in [-0.25, -0.2) is 19.6 Å². The van der Waals surface area contributed by atoms with E-state index in [-0.39, 0.29) is 47.8 Å². The molecule has 300 valence electrons. The van der Waals surface area contributed by atoms with Crippen molar-refractivity contribution in [1.29, 1.82) is 0 Å². The minimum atomic E-state index is -0.692. The second-order valence-electron chi connectivity index (χ2n) is 16.4. The third kappa shape index (κ3) is 7.41. The number of alkyl carbamates (subject to hydrolysis) is 2. The topological polar surface area (TPSA) is 175 Å². The van der Waals surface area contributed by atoms with E-state index >= 15 is 0 Å². The Morgan fingerprint density at radius 1 is 0.684 bits per heavy atom. The summed E-state index contributed by atoms with van der Waals surface area (Å²) in [6, 6.07) is 15.0. The first-order chi connectivity index (χ1) is 27.4. The molecule has 8 atom stereocenters. The van der Waals surface area contributed by atoms with Gasteiger partial charge in [0.25, 0.3) is 0 Å². The Balaban J connectivity index is 0.947. The first kappa shape index (κ1) is 38.7. The molecule has 0 spiro atoms. The van der Waals surface area contributed by atoms with Gasteiger partial charge in [-0.3, -0.25) is 9.59 Å².